The van der Waals surface area contributed by atoms with Crippen LogP contribution in [0.2, 0.25) is 0 Å². The third kappa shape index (κ3) is 2.02. The summed E-state index contributed by atoms with van der Waals surface area (Å²) in [6, 6.07) is 1.24. The molecule has 25 heavy (non-hydrogen) atoms. The van der Waals surface area contributed by atoms with Gasteiger partial charge < -0.3 is 14.5 Å². The molecule has 5 nitrogen and oxygen atoms in total. The highest BCUT2D eigenvalue weighted by atomic mass is 16.4. The van der Waals surface area contributed by atoms with Gasteiger partial charge in [-0.2, -0.15) is 0 Å². The molecular formula is C20H19NO4. The first-order chi connectivity index (χ1) is 11.9. The fraction of sp³-hybridized carbons (Fsp3) is 0.300. The van der Waals surface area contributed by atoms with Gasteiger partial charge in [-0.15, -0.1) is 0 Å². The van der Waals surface area contributed by atoms with Crippen LogP contribution in [0.4, 0.5) is 0 Å². The van der Waals surface area contributed by atoms with Gasteiger partial charge in [-0.05, 0) is 24.8 Å². The second kappa shape index (κ2) is 5.09. The van der Waals surface area contributed by atoms with Gasteiger partial charge in [-0.3, -0.25) is 9.59 Å². The highest BCUT2D eigenvalue weighted by molar-refractivity contribution is 5.86. The molecule has 2 heterocycles. The zero-order valence-corrected chi connectivity index (χ0v) is 14.3. The summed E-state index contributed by atoms with van der Waals surface area (Å²) in [5.74, 6) is -0.0847. The molecule has 1 saturated carbocycles. The summed E-state index contributed by atoms with van der Waals surface area (Å²) in [7, 11) is 0. The van der Waals surface area contributed by atoms with Gasteiger partial charge in [0.1, 0.15) is 5.39 Å². The molecule has 2 atom stereocenters. The molecule has 1 fully saturated rings. The van der Waals surface area contributed by atoms with Crippen LogP contribution in [0.1, 0.15) is 33.0 Å². The summed E-state index contributed by atoms with van der Waals surface area (Å²) in [5, 5.41) is 10.3. The second-order valence-corrected chi connectivity index (χ2v) is 6.82. The van der Waals surface area contributed by atoms with Crippen molar-refractivity contribution < 1.29 is 9.52 Å². The van der Waals surface area contributed by atoms with E-state index in [1.807, 2.05) is 19.1 Å². The summed E-state index contributed by atoms with van der Waals surface area (Å²) in [6.07, 6.45) is 8.44. The van der Waals surface area contributed by atoms with E-state index in [9.17, 15) is 14.7 Å². The Kier molecular flexibility index (Phi) is 3.19. The number of nitrogens with one attached hydrogen (secondary N) is 1. The summed E-state index contributed by atoms with van der Waals surface area (Å²) in [5.41, 5.74) is 1.85. The van der Waals surface area contributed by atoms with Crippen LogP contribution in [0.3, 0.4) is 0 Å². The molecule has 2 aliphatic rings. The molecule has 4 rings (SSSR count). The minimum Gasteiger partial charge on any atom is -0.502 e. The number of fused-ring (bicyclic) bond motifs is 2. The Bertz CT molecular complexity index is 1110. The van der Waals surface area contributed by atoms with Crippen LogP contribution >= 0.6 is 0 Å². The molecule has 0 aromatic carbocycles. The highest BCUT2D eigenvalue weighted by Gasteiger charge is 2.56. The Morgan fingerprint density at radius 1 is 1.32 bits per heavy atom. The maximum absolute atomic E-state index is 12.5. The summed E-state index contributed by atoms with van der Waals surface area (Å²) in [4.78, 5) is 27.2. The van der Waals surface area contributed by atoms with E-state index in [0.29, 0.717) is 5.92 Å². The first kappa shape index (κ1) is 15.7. The quantitative estimate of drug-likeness (QED) is 0.878. The molecule has 2 N–H and O–H groups in total. The molecule has 2 aromatic heterocycles. The molecule has 0 bridgehead atoms. The number of hydrogen-bond donors (Lipinski definition) is 2. The smallest absolute Gasteiger partial charge is 0.240 e. The van der Waals surface area contributed by atoms with Crippen LogP contribution in [0.5, 0.6) is 5.75 Å². The van der Waals surface area contributed by atoms with Crippen LogP contribution in [-0.4, -0.2) is 10.1 Å². The average Bonchev–Trinajstić information content (AvgIpc) is 3.19. The summed E-state index contributed by atoms with van der Waals surface area (Å²) >= 11 is 0. The van der Waals surface area contributed by atoms with Gasteiger partial charge in [0.15, 0.2) is 11.2 Å². The zero-order valence-electron chi connectivity index (χ0n) is 14.3. The molecule has 0 spiro atoms. The Labute approximate surface area is 144 Å². The van der Waals surface area contributed by atoms with Crippen molar-refractivity contribution in [1.29, 1.82) is 0 Å². The van der Waals surface area contributed by atoms with Gasteiger partial charge in [0, 0.05) is 23.3 Å². The molecule has 5 heteroatoms. The van der Waals surface area contributed by atoms with E-state index in [2.05, 4.69) is 24.9 Å². The lowest BCUT2D eigenvalue weighted by molar-refractivity contribution is 0.434. The van der Waals surface area contributed by atoms with Gasteiger partial charge in [0.2, 0.25) is 16.9 Å². The van der Waals surface area contributed by atoms with E-state index < -0.39 is 16.6 Å². The van der Waals surface area contributed by atoms with Crippen molar-refractivity contribution in [3.05, 3.63) is 67.8 Å². The number of aromatic amines is 1. The molecule has 0 saturated heterocycles. The van der Waals surface area contributed by atoms with Crippen LogP contribution in [0, 0.1) is 11.3 Å². The fourth-order valence-corrected chi connectivity index (χ4v) is 4.12. The Hall–Kier alpha value is -2.82. The number of rotatable bonds is 2. The monoisotopic (exact) mass is 337 g/mol. The van der Waals surface area contributed by atoms with Crippen molar-refractivity contribution in [2.45, 2.75) is 27.2 Å². The molecule has 0 radical (unpaired) electrons. The largest absolute Gasteiger partial charge is 0.502 e. The molecule has 2 aliphatic carbocycles. The summed E-state index contributed by atoms with van der Waals surface area (Å²) in [6.45, 7) is 6.30. The van der Waals surface area contributed by atoms with Crippen molar-refractivity contribution in [3.8, 4) is 5.75 Å². The Balaban J connectivity index is 2.05. The van der Waals surface area contributed by atoms with E-state index in [1.165, 1.54) is 12.3 Å². The second-order valence-electron chi connectivity index (χ2n) is 6.82. The van der Waals surface area contributed by atoms with Crippen LogP contribution in [-0.2, 0) is 0 Å². The van der Waals surface area contributed by atoms with Gasteiger partial charge in [-0.1, -0.05) is 37.6 Å². The van der Waals surface area contributed by atoms with Gasteiger partial charge in [0.05, 0.1) is 0 Å². The maximum Gasteiger partial charge on any atom is 0.240 e. The lowest BCUT2D eigenvalue weighted by atomic mass is 9.97. The molecule has 2 aromatic rings. The van der Waals surface area contributed by atoms with E-state index in [-0.39, 0.29) is 22.3 Å². The van der Waals surface area contributed by atoms with E-state index >= 15 is 0 Å². The average molecular weight is 337 g/mol. The normalized spacial score (nSPS) is 24.9. The number of H-pyrrole nitrogens is 1. The summed E-state index contributed by atoms with van der Waals surface area (Å²) < 4.78 is 5.78. The third-order valence-corrected chi connectivity index (χ3v) is 5.53. The van der Waals surface area contributed by atoms with Crippen molar-refractivity contribution >= 4 is 16.7 Å². The number of aromatic hydroxyl groups is 1. The van der Waals surface area contributed by atoms with Crippen LogP contribution in [0.25, 0.3) is 16.7 Å². The van der Waals surface area contributed by atoms with Crippen molar-refractivity contribution in [3.63, 3.8) is 0 Å². The Morgan fingerprint density at radius 3 is 2.80 bits per heavy atom. The molecule has 128 valence electrons. The van der Waals surface area contributed by atoms with Crippen molar-refractivity contribution in [2.75, 3.05) is 0 Å². The van der Waals surface area contributed by atoms with Crippen molar-refractivity contribution in [2.24, 2.45) is 11.3 Å². The van der Waals surface area contributed by atoms with Gasteiger partial charge in [0.25, 0.3) is 0 Å². The standard InChI is InChI=1S/C20H19NO4/c1-4-20-9-10(2)5-6-12(15(20)11(20)3)18-17(24)16(23)14-13(22)7-8-21-19(14)25-18/h5-9,11,24H,4H2,1-3H3,(H,21,22). The van der Waals surface area contributed by atoms with E-state index in [4.69, 9.17) is 4.42 Å². The SMILES string of the molecule is CCC12C=C(C)C=CC(c3oc4[nH]ccc(=O)c4c(=O)c3O)=C1C2C. The Morgan fingerprint density at radius 2 is 2.08 bits per heavy atom. The number of allylic oxidation sites excluding steroid dienone is 6. The third-order valence-electron chi connectivity index (χ3n) is 5.53. The fourth-order valence-electron chi connectivity index (χ4n) is 4.12. The highest BCUT2D eigenvalue weighted by Crippen LogP contribution is 2.65. The van der Waals surface area contributed by atoms with Gasteiger partial charge >= 0.3 is 0 Å². The topological polar surface area (TPSA) is 83.3 Å². The minimum atomic E-state index is -0.705. The number of pyridine rings is 1. The predicted molar refractivity (Wildman–Crippen MR) is 96.5 cm³/mol. The lowest BCUT2D eigenvalue weighted by Gasteiger charge is -2.08. The molecule has 0 aliphatic heterocycles. The van der Waals surface area contributed by atoms with Gasteiger partial charge in [-0.25, -0.2) is 0 Å². The van der Waals surface area contributed by atoms with E-state index in [1.54, 1.807) is 0 Å². The molecule has 0 amide bonds. The van der Waals surface area contributed by atoms with E-state index in [0.717, 1.165) is 23.1 Å². The molecule has 2 unspecified atom stereocenters. The van der Waals surface area contributed by atoms with Crippen LogP contribution in [0.15, 0.2) is 55.6 Å². The number of aromatic nitrogens is 1. The first-order valence-corrected chi connectivity index (χ1v) is 8.40. The number of hydrogen-bond acceptors (Lipinski definition) is 4. The minimum absolute atomic E-state index is 0.0625. The first-order valence-electron chi connectivity index (χ1n) is 8.40. The maximum atomic E-state index is 12.5. The van der Waals surface area contributed by atoms with Crippen molar-refractivity contribution in [1.82, 2.24) is 4.98 Å². The molecular weight excluding hydrogens is 318 g/mol. The van der Waals surface area contributed by atoms with Crippen LogP contribution < -0.4 is 10.9 Å². The zero-order chi connectivity index (χ0) is 17.9. The predicted octanol–water partition coefficient (Wildman–Crippen LogP) is 3.50. The lowest BCUT2D eigenvalue weighted by Crippen LogP contribution is -2.14.